The average Bonchev–Trinajstić information content (AvgIpc) is 3.38. The number of hydrogen-bond acceptors (Lipinski definition) is 8. The molecule has 0 spiro atoms. The largest absolute Gasteiger partial charge is 0.479 e. The topological polar surface area (TPSA) is 94.6 Å². The zero-order chi connectivity index (χ0) is 25.7. The van der Waals surface area contributed by atoms with Gasteiger partial charge in [-0.1, -0.05) is 11.3 Å². The van der Waals surface area contributed by atoms with Gasteiger partial charge in [0.05, 0.1) is 56.2 Å². The van der Waals surface area contributed by atoms with E-state index in [2.05, 4.69) is 30.6 Å². The molecule has 196 valence electrons. The van der Waals surface area contributed by atoms with Crippen LogP contribution in [-0.2, 0) is 11.3 Å². The molecule has 0 amide bonds. The van der Waals surface area contributed by atoms with Crippen LogP contribution in [0, 0.1) is 5.82 Å². The molecule has 4 aromatic rings. The summed E-state index contributed by atoms with van der Waals surface area (Å²) in [5.74, 6) is -0.255. The number of likely N-dealkylation sites (tertiary alicyclic amines) is 1. The van der Waals surface area contributed by atoms with Gasteiger partial charge in [-0.25, -0.2) is 22.4 Å². The first kappa shape index (κ1) is 23.9. The summed E-state index contributed by atoms with van der Waals surface area (Å²) >= 11 is 0. The first-order chi connectivity index (χ1) is 17.9. The minimum absolute atomic E-state index is 0.0311. The van der Waals surface area contributed by atoms with E-state index in [0.29, 0.717) is 48.3 Å². The maximum absolute atomic E-state index is 15.3. The molecular formula is C24H27F3N8O2. The summed E-state index contributed by atoms with van der Waals surface area (Å²) in [7, 11) is 1.43. The number of aromatic nitrogens is 6. The Morgan fingerprint density at radius 1 is 1.30 bits per heavy atom. The van der Waals surface area contributed by atoms with Crippen LogP contribution in [0.4, 0.5) is 19.1 Å². The maximum atomic E-state index is 15.3. The number of alkyl halides is 2. The number of piperidine rings is 1. The Morgan fingerprint density at radius 3 is 2.84 bits per heavy atom. The van der Waals surface area contributed by atoms with Gasteiger partial charge >= 0.3 is 0 Å². The molecule has 13 heteroatoms. The van der Waals surface area contributed by atoms with Crippen LogP contribution in [0.15, 0.2) is 24.4 Å². The summed E-state index contributed by atoms with van der Waals surface area (Å²) in [6.45, 7) is 3.80. The molecule has 2 aliphatic rings. The quantitative estimate of drug-likeness (QED) is 0.401. The van der Waals surface area contributed by atoms with E-state index in [1.807, 2.05) is 0 Å². The Kier molecular flexibility index (Phi) is 6.11. The fraction of sp³-hybridized carbons (Fsp3) is 0.500. The van der Waals surface area contributed by atoms with E-state index in [1.54, 1.807) is 18.2 Å². The number of fused-ring (bicyclic) bond motifs is 2. The molecule has 2 aliphatic heterocycles. The van der Waals surface area contributed by atoms with Crippen molar-refractivity contribution in [3.63, 3.8) is 0 Å². The monoisotopic (exact) mass is 516 g/mol. The summed E-state index contributed by atoms with van der Waals surface area (Å²) in [5.41, 5.74) is 2.21. The normalized spacial score (nSPS) is 21.9. The Labute approximate surface area is 210 Å². The molecule has 0 unspecified atom stereocenters. The molecule has 6 rings (SSSR count). The maximum Gasteiger partial charge on any atom is 0.244 e. The van der Waals surface area contributed by atoms with Crippen LogP contribution in [0.25, 0.3) is 27.7 Å². The van der Waals surface area contributed by atoms with Crippen LogP contribution in [0.5, 0.6) is 5.88 Å². The van der Waals surface area contributed by atoms with Crippen molar-refractivity contribution in [3.8, 4) is 17.0 Å². The third-order valence-electron chi connectivity index (χ3n) is 7.00. The van der Waals surface area contributed by atoms with Crippen LogP contribution in [0.1, 0.15) is 13.3 Å². The number of anilines is 1. The second-order valence-electron chi connectivity index (χ2n) is 9.59. The lowest BCUT2D eigenvalue weighted by Crippen LogP contribution is -2.57. The van der Waals surface area contributed by atoms with Crippen molar-refractivity contribution in [2.24, 2.45) is 0 Å². The molecule has 3 aromatic heterocycles. The predicted molar refractivity (Wildman–Crippen MR) is 130 cm³/mol. The van der Waals surface area contributed by atoms with Gasteiger partial charge in [0.25, 0.3) is 0 Å². The number of hydrogen-bond donors (Lipinski definition) is 1. The summed E-state index contributed by atoms with van der Waals surface area (Å²) in [4.78, 5) is 6.53. The number of benzene rings is 1. The molecule has 1 N–H and O–H groups in total. The van der Waals surface area contributed by atoms with Gasteiger partial charge in [0.1, 0.15) is 23.4 Å². The highest BCUT2D eigenvalue weighted by Gasteiger charge is 2.36. The molecular weight excluding hydrogens is 489 g/mol. The highest BCUT2D eigenvalue weighted by atomic mass is 19.1. The van der Waals surface area contributed by atoms with E-state index < -0.39 is 24.2 Å². The molecule has 2 fully saturated rings. The lowest BCUT2D eigenvalue weighted by molar-refractivity contribution is -0.0794. The minimum Gasteiger partial charge on any atom is -0.479 e. The summed E-state index contributed by atoms with van der Waals surface area (Å²) < 4.78 is 57.4. The third-order valence-corrected chi connectivity index (χ3v) is 7.00. The lowest BCUT2D eigenvalue weighted by atomic mass is 10.0. The van der Waals surface area contributed by atoms with Crippen LogP contribution in [0.3, 0.4) is 0 Å². The zero-order valence-corrected chi connectivity index (χ0v) is 20.4. The van der Waals surface area contributed by atoms with Gasteiger partial charge in [-0.2, -0.15) is 4.98 Å². The van der Waals surface area contributed by atoms with Gasteiger partial charge < -0.3 is 14.8 Å². The van der Waals surface area contributed by atoms with E-state index in [9.17, 15) is 8.78 Å². The van der Waals surface area contributed by atoms with Crippen LogP contribution in [-0.4, -0.2) is 92.3 Å². The molecule has 3 atom stereocenters. The number of methoxy groups -OCH3 is 1. The second kappa shape index (κ2) is 9.45. The van der Waals surface area contributed by atoms with E-state index in [-0.39, 0.29) is 30.0 Å². The van der Waals surface area contributed by atoms with Gasteiger partial charge in [-0.3, -0.25) is 4.90 Å². The minimum atomic E-state index is -1.12. The molecule has 0 saturated carbocycles. The van der Waals surface area contributed by atoms with Gasteiger partial charge in [-0.15, -0.1) is 10.2 Å². The highest BCUT2D eigenvalue weighted by Crippen LogP contribution is 2.35. The van der Waals surface area contributed by atoms with Crippen molar-refractivity contribution < 1.29 is 22.6 Å². The van der Waals surface area contributed by atoms with Gasteiger partial charge in [0.15, 0.2) is 5.82 Å². The predicted octanol–water partition coefficient (Wildman–Crippen LogP) is 2.87. The molecule has 0 bridgehead atoms. The molecule has 5 heterocycles. The number of halogens is 3. The van der Waals surface area contributed by atoms with Crippen molar-refractivity contribution in [3.05, 3.63) is 30.2 Å². The summed E-state index contributed by atoms with van der Waals surface area (Å²) in [6, 6.07) is 4.91. The van der Waals surface area contributed by atoms with Crippen molar-refractivity contribution in [1.82, 2.24) is 34.5 Å². The van der Waals surface area contributed by atoms with E-state index >= 15 is 4.39 Å². The zero-order valence-electron chi connectivity index (χ0n) is 20.4. The molecule has 2 saturated heterocycles. The molecule has 0 aliphatic carbocycles. The van der Waals surface area contributed by atoms with Crippen molar-refractivity contribution in [2.75, 3.05) is 38.7 Å². The van der Waals surface area contributed by atoms with Crippen LogP contribution >= 0.6 is 0 Å². The lowest BCUT2D eigenvalue weighted by Gasteiger charge is -2.42. The van der Waals surface area contributed by atoms with Crippen molar-refractivity contribution in [1.29, 1.82) is 0 Å². The number of nitrogens with zero attached hydrogens (tertiary/aromatic N) is 7. The van der Waals surface area contributed by atoms with E-state index in [0.717, 1.165) is 6.54 Å². The van der Waals surface area contributed by atoms with Gasteiger partial charge in [0.2, 0.25) is 11.8 Å². The Balaban J connectivity index is 1.32. The Morgan fingerprint density at radius 2 is 2.14 bits per heavy atom. The van der Waals surface area contributed by atoms with E-state index in [1.165, 1.54) is 29.4 Å². The third kappa shape index (κ3) is 4.35. The molecule has 10 nitrogen and oxygen atoms in total. The summed E-state index contributed by atoms with van der Waals surface area (Å²) in [6.07, 6.45) is -0.432. The molecule has 0 radical (unpaired) electrons. The second-order valence-corrected chi connectivity index (χ2v) is 9.59. The summed E-state index contributed by atoms with van der Waals surface area (Å²) in [5, 5.41) is 15.5. The first-order valence-electron chi connectivity index (χ1n) is 12.2. The SMILES string of the molecule is COc1nc(N[C@@H]2CCN(C3COC3)C[C@@H]2F)nn2cc(F)c(-c3ccc4nnn(C[C@@H](C)F)c4c3)c12. The molecule has 1 aromatic carbocycles. The van der Waals surface area contributed by atoms with Crippen LogP contribution < -0.4 is 10.1 Å². The first-order valence-corrected chi connectivity index (χ1v) is 12.2. The van der Waals surface area contributed by atoms with Crippen molar-refractivity contribution >= 4 is 22.5 Å². The number of ether oxygens (including phenoxy) is 2. The van der Waals surface area contributed by atoms with Crippen molar-refractivity contribution in [2.45, 2.75) is 44.3 Å². The van der Waals surface area contributed by atoms with Gasteiger partial charge in [-0.05, 0) is 31.0 Å². The average molecular weight is 517 g/mol. The highest BCUT2D eigenvalue weighted by molar-refractivity contribution is 5.89. The Bertz CT molecular complexity index is 1440. The van der Waals surface area contributed by atoms with Gasteiger partial charge in [0, 0.05) is 13.1 Å². The fourth-order valence-electron chi connectivity index (χ4n) is 5.02. The number of rotatable bonds is 7. The Hall–Kier alpha value is -3.45. The number of nitrogens with one attached hydrogen (secondary N) is 1. The molecule has 37 heavy (non-hydrogen) atoms. The van der Waals surface area contributed by atoms with E-state index in [4.69, 9.17) is 9.47 Å². The smallest absolute Gasteiger partial charge is 0.244 e. The van der Waals surface area contributed by atoms with Crippen LogP contribution in [0.2, 0.25) is 0 Å². The fourth-order valence-corrected chi connectivity index (χ4v) is 5.02. The standard InChI is InChI=1S/C24H27F3N8O2/c1-13(25)8-34-20-7-14(3-4-19(20)30-32-34)21-17(27)10-35-22(21)23(36-2)29-24(31-35)28-18-5-6-33(9-16(18)26)15-11-37-12-15/h3-4,7,10,13,15-16,18H,5-6,8-9,11-12H2,1-2H3,(H,28,31)/t13-,16+,18-/m1/s1.